The lowest BCUT2D eigenvalue weighted by molar-refractivity contribution is 0.0951. The van der Waals surface area contributed by atoms with Crippen molar-refractivity contribution >= 4 is 5.91 Å². The third-order valence-corrected chi connectivity index (χ3v) is 2.43. The van der Waals surface area contributed by atoms with Crippen LogP contribution >= 0.6 is 0 Å². The topological polar surface area (TPSA) is 68.3 Å². The molecular formula is C11H18N2O2. The first kappa shape index (κ1) is 11.8. The van der Waals surface area contributed by atoms with Crippen molar-refractivity contribution in [2.45, 2.75) is 32.7 Å². The first-order chi connectivity index (χ1) is 7.15. The van der Waals surface area contributed by atoms with E-state index in [1.165, 1.54) is 6.26 Å². The van der Waals surface area contributed by atoms with Gasteiger partial charge in [0.25, 0.3) is 5.91 Å². The van der Waals surface area contributed by atoms with Gasteiger partial charge in [0.15, 0.2) is 0 Å². The molecule has 1 heterocycles. The van der Waals surface area contributed by atoms with Gasteiger partial charge in [0.1, 0.15) is 5.76 Å². The molecule has 3 N–H and O–H groups in total. The zero-order valence-corrected chi connectivity index (χ0v) is 9.25. The van der Waals surface area contributed by atoms with Crippen LogP contribution in [-0.4, -0.2) is 18.5 Å². The molecule has 0 aliphatic carbocycles. The van der Waals surface area contributed by atoms with Gasteiger partial charge in [0.2, 0.25) is 0 Å². The van der Waals surface area contributed by atoms with Gasteiger partial charge in [-0.3, -0.25) is 4.79 Å². The fourth-order valence-corrected chi connectivity index (χ4v) is 1.29. The molecule has 0 aliphatic heterocycles. The number of furan rings is 1. The molecule has 4 nitrogen and oxygen atoms in total. The van der Waals surface area contributed by atoms with Crippen molar-refractivity contribution < 1.29 is 9.21 Å². The van der Waals surface area contributed by atoms with Crippen LogP contribution in [0.25, 0.3) is 0 Å². The van der Waals surface area contributed by atoms with E-state index in [-0.39, 0.29) is 11.9 Å². The maximum Gasteiger partial charge on any atom is 0.254 e. The van der Waals surface area contributed by atoms with Gasteiger partial charge in [-0.05, 0) is 25.8 Å². The third kappa shape index (κ3) is 3.40. The highest BCUT2D eigenvalue weighted by Gasteiger charge is 2.10. The minimum Gasteiger partial charge on any atom is -0.469 e. The Labute approximate surface area is 89.8 Å². The predicted octanol–water partition coefficient (Wildman–Crippen LogP) is 1.45. The summed E-state index contributed by atoms with van der Waals surface area (Å²) in [6.45, 7) is 4.41. The van der Waals surface area contributed by atoms with Crippen molar-refractivity contribution in [2.75, 3.05) is 6.54 Å². The van der Waals surface area contributed by atoms with Crippen LogP contribution in [0.3, 0.4) is 0 Å². The second kappa shape index (κ2) is 5.56. The Morgan fingerprint density at radius 3 is 2.93 bits per heavy atom. The zero-order chi connectivity index (χ0) is 11.3. The average Bonchev–Trinajstić information content (AvgIpc) is 2.64. The number of nitrogens with one attached hydrogen (secondary N) is 1. The summed E-state index contributed by atoms with van der Waals surface area (Å²) in [4.78, 5) is 11.6. The maximum atomic E-state index is 11.6. The van der Waals surface area contributed by atoms with E-state index in [1.54, 1.807) is 13.0 Å². The minimum atomic E-state index is -0.0930. The Morgan fingerprint density at radius 2 is 2.40 bits per heavy atom. The Hall–Kier alpha value is -1.29. The number of amides is 1. The van der Waals surface area contributed by atoms with Crippen LogP contribution in [-0.2, 0) is 0 Å². The van der Waals surface area contributed by atoms with Crippen molar-refractivity contribution in [2.24, 2.45) is 5.73 Å². The van der Waals surface area contributed by atoms with Crippen LogP contribution in [0.1, 0.15) is 35.9 Å². The summed E-state index contributed by atoms with van der Waals surface area (Å²) in [5.41, 5.74) is 6.34. The molecular weight excluding hydrogens is 192 g/mol. The molecule has 0 aromatic carbocycles. The summed E-state index contributed by atoms with van der Waals surface area (Å²) in [6, 6.07) is 1.83. The highest BCUT2D eigenvalue weighted by molar-refractivity contribution is 5.94. The molecule has 84 valence electrons. The summed E-state index contributed by atoms with van der Waals surface area (Å²) in [6.07, 6.45) is 3.25. The predicted molar refractivity (Wildman–Crippen MR) is 58.7 cm³/mol. The standard InChI is InChI=1S/C11H18N2O2/c1-3-9(12)4-6-13-11(14)10-5-7-15-8(10)2/h5,7,9H,3-4,6,12H2,1-2H3,(H,13,14). The monoisotopic (exact) mass is 210 g/mol. The fraction of sp³-hybridized carbons (Fsp3) is 0.545. The molecule has 4 heteroatoms. The Kier molecular flexibility index (Phi) is 4.37. The summed E-state index contributed by atoms with van der Waals surface area (Å²) in [5, 5.41) is 2.81. The third-order valence-electron chi connectivity index (χ3n) is 2.43. The molecule has 1 amide bonds. The van der Waals surface area contributed by atoms with Crippen molar-refractivity contribution in [3.63, 3.8) is 0 Å². The first-order valence-corrected chi connectivity index (χ1v) is 5.23. The fourth-order valence-electron chi connectivity index (χ4n) is 1.29. The van der Waals surface area contributed by atoms with Crippen LogP contribution in [0, 0.1) is 6.92 Å². The lowest BCUT2D eigenvalue weighted by Crippen LogP contribution is -2.30. The Bertz CT molecular complexity index is 320. The van der Waals surface area contributed by atoms with Gasteiger partial charge in [-0.15, -0.1) is 0 Å². The molecule has 0 spiro atoms. The van der Waals surface area contributed by atoms with E-state index in [0.29, 0.717) is 17.9 Å². The lowest BCUT2D eigenvalue weighted by atomic mass is 10.1. The Balaban J connectivity index is 2.34. The first-order valence-electron chi connectivity index (χ1n) is 5.23. The molecule has 1 aromatic heterocycles. The molecule has 1 atom stereocenters. The number of carbonyl (C=O) groups excluding carboxylic acids is 1. The molecule has 0 fully saturated rings. The number of rotatable bonds is 5. The number of carbonyl (C=O) groups is 1. The molecule has 1 aromatic rings. The highest BCUT2D eigenvalue weighted by Crippen LogP contribution is 2.07. The Morgan fingerprint density at radius 1 is 1.67 bits per heavy atom. The van der Waals surface area contributed by atoms with Crippen LogP contribution in [0.2, 0.25) is 0 Å². The molecule has 1 rings (SSSR count). The molecule has 0 saturated heterocycles. The van der Waals surface area contributed by atoms with Gasteiger partial charge < -0.3 is 15.5 Å². The quantitative estimate of drug-likeness (QED) is 0.772. The summed E-state index contributed by atoms with van der Waals surface area (Å²) in [5.74, 6) is 0.553. The summed E-state index contributed by atoms with van der Waals surface area (Å²) >= 11 is 0. The molecule has 0 saturated carbocycles. The van der Waals surface area contributed by atoms with Gasteiger partial charge in [-0.1, -0.05) is 6.92 Å². The van der Waals surface area contributed by atoms with Crippen molar-refractivity contribution in [3.05, 3.63) is 23.7 Å². The zero-order valence-electron chi connectivity index (χ0n) is 9.25. The average molecular weight is 210 g/mol. The van der Waals surface area contributed by atoms with Gasteiger partial charge in [0.05, 0.1) is 11.8 Å². The molecule has 0 radical (unpaired) electrons. The van der Waals surface area contributed by atoms with E-state index in [9.17, 15) is 4.79 Å². The van der Waals surface area contributed by atoms with Crippen LogP contribution in [0.4, 0.5) is 0 Å². The maximum absolute atomic E-state index is 11.6. The van der Waals surface area contributed by atoms with Crippen molar-refractivity contribution in [1.29, 1.82) is 0 Å². The lowest BCUT2D eigenvalue weighted by Gasteiger charge is -2.09. The summed E-state index contributed by atoms with van der Waals surface area (Å²) < 4.78 is 5.05. The number of hydrogen-bond donors (Lipinski definition) is 2. The van der Waals surface area contributed by atoms with Crippen LogP contribution < -0.4 is 11.1 Å². The van der Waals surface area contributed by atoms with Gasteiger partial charge >= 0.3 is 0 Å². The molecule has 1 unspecified atom stereocenters. The van der Waals surface area contributed by atoms with E-state index in [2.05, 4.69) is 5.32 Å². The highest BCUT2D eigenvalue weighted by atomic mass is 16.3. The van der Waals surface area contributed by atoms with E-state index >= 15 is 0 Å². The van der Waals surface area contributed by atoms with Gasteiger partial charge in [-0.2, -0.15) is 0 Å². The smallest absolute Gasteiger partial charge is 0.254 e. The molecule has 0 bridgehead atoms. The van der Waals surface area contributed by atoms with Gasteiger partial charge in [-0.25, -0.2) is 0 Å². The van der Waals surface area contributed by atoms with E-state index in [0.717, 1.165) is 12.8 Å². The van der Waals surface area contributed by atoms with Crippen molar-refractivity contribution in [3.8, 4) is 0 Å². The minimum absolute atomic E-state index is 0.0930. The van der Waals surface area contributed by atoms with Crippen LogP contribution in [0.15, 0.2) is 16.7 Å². The SMILES string of the molecule is CCC(N)CCNC(=O)c1ccoc1C. The van der Waals surface area contributed by atoms with Crippen LogP contribution in [0.5, 0.6) is 0 Å². The van der Waals surface area contributed by atoms with Crippen molar-refractivity contribution in [1.82, 2.24) is 5.32 Å². The molecule has 15 heavy (non-hydrogen) atoms. The number of aryl methyl sites for hydroxylation is 1. The van der Waals surface area contributed by atoms with Gasteiger partial charge in [0, 0.05) is 12.6 Å². The van der Waals surface area contributed by atoms with E-state index < -0.39 is 0 Å². The molecule has 0 aliphatic rings. The second-order valence-corrected chi connectivity index (χ2v) is 3.60. The van der Waals surface area contributed by atoms with E-state index in [4.69, 9.17) is 10.2 Å². The second-order valence-electron chi connectivity index (χ2n) is 3.60. The van der Waals surface area contributed by atoms with E-state index in [1.807, 2.05) is 6.92 Å². The summed E-state index contributed by atoms with van der Waals surface area (Å²) in [7, 11) is 0. The largest absolute Gasteiger partial charge is 0.469 e. The number of hydrogen-bond acceptors (Lipinski definition) is 3. The normalized spacial score (nSPS) is 12.5. The number of nitrogens with two attached hydrogens (primary N) is 1.